The highest BCUT2D eigenvalue weighted by molar-refractivity contribution is 5.51. The molecule has 1 atom stereocenters. The second kappa shape index (κ2) is 6.60. The highest BCUT2D eigenvalue weighted by Gasteiger charge is 2.45. The van der Waals surface area contributed by atoms with E-state index in [0.717, 1.165) is 30.5 Å². The van der Waals surface area contributed by atoms with Crippen LogP contribution in [0.4, 0.5) is 0 Å². The second-order valence-corrected chi connectivity index (χ2v) is 5.82. The molecule has 0 aromatic heterocycles. The molecule has 2 aromatic carbocycles. The van der Waals surface area contributed by atoms with E-state index in [9.17, 15) is 5.11 Å². The lowest BCUT2D eigenvalue weighted by atomic mass is 9.78. The van der Waals surface area contributed by atoms with Crippen molar-refractivity contribution >= 4 is 0 Å². The fraction of sp³-hybridized carbons (Fsp3) is 0.368. The molecular formula is C19H23NO3. The topological polar surface area (TPSA) is 50.7 Å². The average Bonchev–Trinajstić information content (AvgIpc) is 3.16. The average molecular weight is 313 g/mol. The van der Waals surface area contributed by atoms with Crippen LogP contribution in [-0.4, -0.2) is 31.9 Å². The van der Waals surface area contributed by atoms with Crippen LogP contribution in [0.2, 0.25) is 0 Å². The fourth-order valence-electron chi connectivity index (χ4n) is 3.48. The molecular weight excluding hydrogens is 290 g/mol. The fourth-order valence-corrected chi connectivity index (χ4v) is 3.48. The molecule has 4 nitrogen and oxygen atoms in total. The van der Waals surface area contributed by atoms with Crippen molar-refractivity contribution in [3.63, 3.8) is 0 Å². The molecule has 3 rings (SSSR count). The van der Waals surface area contributed by atoms with Crippen LogP contribution in [0.5, 0.6) is 11.5 Å². The summed E-state index contributed by atoms with van der Waals surface area (Å²) in [6, 6.07) is 15.2. The van der Waals surface area contributed by atoms with E-state index in [1.807, 2.05) is 48.5 Å². The first-order chi connectivity index (χ1) is 11.2. The van der Waals surface area contributed by atoms with Crippen LogP contribution >= 0.6 is 0 Å². The first-order valence-electron chi connectivity index (χ1n) is 7.94. The summed E-state index contributed by atoms with van der Waals surface area (Å²) in [6.07, 6.45) is 1.93. The lowest BCUT2D eigenvalue weighted by molar-refractivity contribution is 0.0395. The number of hydrogen-bond donors (Lipinski definition) is 2. The molecule has 1 heterocycles. The minimum atomic E-state index is -1.21. The van der Waals surface area contributed by atoms with E-state index in [2.05, 4.69) is 5.32 Å². The minimum Gasteiger partial charge on any atom is -0.496 e. The van der Waals surface area contributed by atoms with Crippen molar-refractivity contribution in [2.45, 2.75) is 24.5 Å². The standard InChI is InChI=1S/C19H23NO3/c1-22-16-10-5-3-8-14(16)19(21,18-12-7-13-20-18)15-9-4-6-11-17(15)23-2/h3-6,8-11,18,20-21H,7,12-13H2,1-2H3/t18-/m0/s1. The van der Waals surface area contributed by atoms with Crippen molar-refractivity contribution in [1.29, 1.82) is 0 Å². The molecule has 0 saturated carbocycles. The Bertz CT molecular complexity index is 618. The first kappa shape index (κ1) is 15.8. The predicted octanol–water partition coefficient (Wildman–Crippen LogP) is 2.69. The largest absolute Gasteiger partial charge is 0.496 e. The van der Waals surface area contributed by atoms with E-state index in [1.165, 1.54) is 0 Å². The number of methoxy groups -OCH3 is 2. The van der Waals surface area contributed by atoms with E-state index in [1.54, 1.807) is 14.2 Å². The molecule has 0 amide bonds. The molecule has 2 N–H and O–H groups in total. The lowest BCUT2D eigenvalue weighted by Crippen LogP contribution is -2.46. The smallest absolute Gasteiger partial charge is 0.137 e. The van der Waals surface area contributed by atoms with Gasteiger partial charge in [0.15, 0.2) is 0 Å². The molecule has 122 valence electrons. The maximum Gasteiger partial charge on any atom is 0.137 e. The summed E-state index contributed by atoms with van der Waals surface area (Å²) in [5, 5.41) is 15.3. The molecule has 23 heavy (non-hydrogen) atoms. The van der Waals surface area contributed by atoms with Crippen LogP contribution in [0, 0.1) is 0 Å². The maximum atomic E-state index is 11.9. The zero-order valence-electron chi connectivity index (χ0n) is 13.6. The van der Waals surface area contributed by atoms with Crippen LogP contribution in [0.3, 0.4) is 0 Å². The van der Waals surface area contributed by atoms with Crippen molar-refractivity contribution in [3.05, 3.63) is 59.7 Å². The molecule has 0 unspecified atom stereocenters. The third-order valence-electron chi connectivity index (χ3n) is 4.60. The molecule has 0 bridgehead atoms. The van der Waals surface area contributed by atoms with Crippen LogP contribution < -0.4 is 14.8 Å². The molecule has 0 radical (unpaired) electrons. The van der Waals surface area contributed by atoms with Gasteiger partial charge in [-0.15, -0.1) is 0 Å². The number of hydrogen-bond acceptors (Lipinski definition) is 4. The van der Waals surface area contributed by atoms with Gasteiger partial charge in [0, 0.05) is 17.2 Å². The summed E-state index contributed by atoms with van der Waals surface area (Å²) in [5.41, 5.74) is 0.299. The van der Waals surface area contributed by atoms with Gasteiger partial charge in [-0.1, -0.05) is 36.4 Å². The molecule has 1 aliphatic rings. The van der Waals surface area contributed by atoms with Gasteiger partial charge in [0.05, 0.1) is 14.2 Å². The molecule has 0 aliphatic carbocycles. The highest BCUT2D eigenvalue weighted by atomic mass is 16.5. The number of ether oxygens (including phenoxy) is 2. The molecule has 4 heteroatoms. The van der Waals surface area contributed by atoms with Gasteiger partial charge < -0.3 is 19.9 Å². The zero-order valence-corrected chi connectivity index (χ0v) is 13.6. The van der Waals surface area contributed by atoms with Crippen LogP contribution in [0.15, 0.2) is 48.5 Å². The summed E-state index contributed by atoms with van der Waals surface area (Å²) in [7, 11) is 3.26. The van der Waals surface area contributed by atoms with Crippen LogP contribution in [0.25, 0.3) is 0 Å². The Hall–Kier alpha value is -2.04. The SMILES string of the molecule is COc1ccccc1C(O)(c1ccccc1OC)[C@@H]1CCCN1. The quantitative estimate of drug-likeness (QED) is 0.891. The van der Waals surface area contributed by atoms with Crippen molar-refractivity contribution in [3.8, 4) is 11.5 Å². The predicted molar refractivity (Wildman–Crippen MR) is 90.0 cm³/mol. The summed E-state index contributed by atoms with van der Waals surface area (Å²) < 4.78 is 11.0. The Morgan fingerprint density at radius 2 is 1.48 bits per heavy atom. The van der Waals surface area contributed by atoms with Crippen molar-refractivity contribution < 1.29 is 14.6 Å². The molecule has 1 fully saturated rings. The van der Waals surface area contributed by atoms with E-state index in [0.29, 0.717) is 11.5 Å². The van der Waals surface area contributed by atoms with E-state index in [4.69, 9.17) is 9.47 Å². The number of rotatable bonds is 5. The lowest BCUT2D eigenvalue weighted by Gasteiger charge is -2.37. The maximum absolute atomic E-state index is 11.9. The number of nitrogens with one attached hydrogen (secondary N) is 1. The molecule has 2 aromatic rings. The Kier molecular flexibility index (Phi) is 4.55. The zero-order chi connectivity index (χ0) is 16.3. The van der Waals surface area contributed by atoms with Gasteiger partial charge in [-0.2, -0.15) is 0 Å². The monoisotopic (exact) mass is 313 g/mol. The third-order valence-corrected chi connectivity index (χ3v) is 4.60. The Balaban J connectivity index is 2.22. The second-order valence-electron chi connectivity index (χ2n) is 5.82. The van der Waals surface area contributed by atoms with E-state index < -0.39 is 5.60 Å². The van der Waals surface area contributed by atoms with Crippen LogP contribution in [-0.2, 0) is 5.60 Å². The van der Waals surface area contributed by atoms with Gasteiger partial charge in [0.25, 0.3) is 0 Å². The Morgan fingerprint density at radius 1 is 0.957 bits per heavy atom. The van der Waals surface area contributed by atoms with E-state index >= 15 is 0 Å². The number of para-hydroxylation sites is 2. The minimum absolute atomic E-state index is 0.0879. The van der Waals surface area contributed by atoms with Gasteiger partial charge in [-0.05, 0) is 31.5 Å². The first-order valence-corrected chi connectivity index (χ1v) is 7.94. The van der Waals surface area contributed by atoms with Crippen molar-refractivity contribution in [2.75, 3.05) is 20.8 Å². The summed E-state index contributed by atoms with van der Waals surface area (Å²) in [4.78, 5) is 0. The van der Waals surface area contributed by atoms with E-state index in [-0.39, 0.29) is 6.04 Å². The normalized spacial score (nSPS) is 18.0. The summed E-state index contributed by atoms with van der Waals surface area (Å²) >= 11 is 0. The highest BCUT2D eigenvalue weighted by Crippen LogP contribution is 2.44. The summed E-state index contributed by atoms with van der Waals surface area (Å²) in [6.45, 7) is 0.900. The van der Waals surface area contributed by atoms with Gasteiger partial charge in [0.1, 0.15) is 17.1 Å². The number of benzene rings is 2. The van der Waals surface area contributed by atoms with Gasteiger partial charge in [-0.25, -0.2) is 0 Å². The molecule has 1 aliphatic heterocycles. The van der Waals surface area contributed by atoms with Gasteiger partial charge in [-0.3, -0.25) is 0 Å². The van der Waals surface area contributed by atoms with Crippen LogP contribution in [0.1, 0.15) is 24.0 Å². The Morgan fingerprint density at radius 3 is 1.91 bits per heavy atom. The third kappa shape index (κ3) is 2.69. The Labute approximate surface area is 137 Å². The molecule has 0 spiro atoms. The van der Waals surface area contributed by atoms with Gasteiger partial charge in [0.2, 0.25) is 0 Å². The summed E-state index contributed by atoms with van der Waals surface area (Å²) in [5.74, 6) is 1.35. The van der Waals surface area contributed by atoms with Gasteiger partial charge >= 0.3 is 0 Å². The molecule has 1 saturated heterocycles. The van der Waals surface area contributed by atoms with Crippen molar-refractivity contribution in [1.82, 2.24) is 5.32 Å². The van der Waals surface area contributed by atoms with Crippen molar-refractivity contribution in [2.24, 2.45) is 0 Å². The number of aliphatic hydroxyl groups is 1.